The van der Waals surface area contributed by atoms with Gasteiger partial charge < -0.3 is 4.90 Å². The third kappa shape index (κ3) is 3.22. The molecule has 0 radical (unpaired) electrons. The monoisotopic (exact) mass is 220 g/mol. The van der Waals surface area contributed by atoms with E-state index >= 15 is 0 Å². The second kappa shape index (κ2) is 6.25. The average molecular weight is 220 g/mol. The first kappa shape index (κ1) is 11.9. The Morgan fingerprint density at radius 2 is 1.75 bits per heavy atom. The lowest BCUT2D eigenvalue weighted by molar-refractivity contribution is 0.114. The summed E-state index contributed by atoms with van der Waals surface area (Å²) in [5, 5.41) is 8.79. The highest BCUT2D eigenvalue weighted by Gasteiger charge is 2.25. The summed E-state index contributed by atoms with van der Waals surface area (Å²) in [6.07, 6.45) is 11.9. The Hall–Kier alpha value is -0.550. The van der Waals surface area contributed by atoms with Crippen LogP contribution in [0.15, 0.2) is 0 Å². The highest BCUT2D eigenvalue weighted by atomic mass is 15.2. The van der Waals surface area contributed by atoms with Crippen molar-refractivity contribution < 1.29 is 0 Å². The maximum Gasteiger partial charge on any atom is 0.0625 e. The molecule has 2 nitrogen and oxygen atoms in total. The van der Waals surface area contributed by atoms with Crippen LogP contribution < -0.4 is 0 Å². The second-order valence-corrected chi connectivity index (χ2v) is 5.51. The number of hydrogen-bond donors (Lipinski definition) is 0. The molecule has 2 aliphatic rings. The van der Waals surface area contributed by atoms with E-state index in [0.29, 0.717) is 5.92 Å². The molecule has 0 amide bonds. The van der Waals surface area contributed by atoms with Crippen LogP contribution in [0.5, 0.6) is 0 Å². The lowest BCUT2D eigenvalue weighted by Crippen LogP contribution is -2.42. The van der Waals surface area contributed by atoms with Crippen LogP contribution in [-0.2, 0) is 0 Å². The van der Waals surface area contributed by atoms with Gasteiger partial charge in [0.15, 0.2) is 0 Å². The smallest absolute Gasteiger partial charge is 0.0625 e. The van der Waals surface area contributed by atoms with Gasteiger partial charge in [-0.05, 0) is 38.1 Å². The summed E-state index contributed by atoms with van der Waals surface area (Å²) in [5.41, 5.74) is 0. The fraction of sp³-hybridized carbons (Fsp3) is 0.929. The molecule has 0 N–H and O–H groups in total. The highest BCUT2D eigenvalue weighted by Crippen LogP contribution is 2.27. The van der Waals surface area contributed by atoms with Crippen molar-refractivity contribution in [2.45, 2.75) is 63.8 Å². The van der Waals surface area contributed by atoms with Crippen LogP contribution in [0.3, 0.4) is 0 Å². The van der Waals surface area contributed by atoms with Crippen molar-refractivity contribution in [2.24, 2.45) is 5.92 Å². The van der Waals surface area contributed by atoms with E-state index in [-0.39, 0.29) is 0 Å². The molecule has 0 aromatic rings. The van der Waals surface area contributed by atoms with Gasteiger partial charge in [-0.1, -0.05) is 25.7 Å². The Kier molecular flexibility index (Phi) is 4.66. The minimum atomic E-state index is 0.655. The Morgan fingerprint density at radius 3 is 2.44 bits per heavy atom. The van der Waals surface area contributed by atoms with Gasteiger partial charge in [-0.2, -0.15) is 5.26 Å². The van der Waals surface area contributed by atoms with Gasteiger partial charge in [0, 0.05) is 19.0 Å². The number of piperidine rings is 1. The minimum absolute atomic E-state index is 0.655. The van der Waals surface area contributed by atoms with E-state index in [2.05, 4.69) is 11.0 Å². The van der Waals surface area contributed by atoms with E-state index in [1.165, 1.54) is 64.5 Å². The number of hydrogen-bond acceptors (Lipinski definition) is 2. The molecule has 2 fully saturated rings. The van der Waals surface area contributed by atoms with Crippen LogP contribution in [0.4, 0.5) is 0 Å². The lowest BCUT2D eigenvalue weighted by atomic mass is 9.93. The van der Waals surface area contributed by atoms with E-state index < -0.39 is 0 Å². The van der Waals surface area contributed by atoms with Crippen LogP contribution in [0.25, 0.3) is 0 Å². The van der Waals surface area contributed by atoms with Gasteiger partial charge in [0.2, 0.25) is 0 Å². The Morgan fingerprint density at radius 1 is 1.00 bits per heavy atom. The van der Waals surface area contributed by atoms with Gasteiger partial charge in [-0.15, -0.1) is 0 Å². The van der Waals surface area contributed by atoms with Crippen LogP contribution in [-0.4, -0.2) is 24.0 Å². The van der Waals surface area contributed by atoms with Gasteiger partial charge in [0.05, 0.1) is 6.07 Å². The summed E-state index contributed by atoms with van der Waals surface area (Å²) in [7, 11) is 0. The number of rotatable bonds is 2. The molecule has 1 saturated carbocycles. The molecule has 0 aromatic heterocycles. The van der Waals surface area contributed by atoms with Crippen LogP contribution in [0.1, 0.15) is 57.8 Å². The first-order valence-electron chi connectivity index (χ1n) is 7.01. The fourth-order valence-corrected chi connectivity index (χ4v) is 3.35. The van der Waals surface area contributed by atoms with E-state index in [0.717, 1.165) is 12.5 Å². The van der Waals surface area contributed by atoms with E-state index in [1.54, 1.807) is 0 Å². The molecule has 2 heteroatoms. The van der Waals surface area contributed by atoms with Gasteiger partial charge in [-0.25, -0.2) is 0 Å². The topological polar surface area (TPSA) is 27.0 Å². The largest absolute Gasteiger partial charge is 0.300 e. The second-order valence-electron chi connectivity index (χ2n) is 5.51. The lowest BCUT2D eigenvalue weighted by Gasteiger charge is -2.37. The molecule has 1 heterocycles. The number of nitriles is 1. The van der Waals surface area contributed by atoms with Crippen molar-refractivity contribution in [3.8, 4) is 6.07 Å². The van der Waals surface area contributed by atoms with Crippen molar-refractivity contribution in [3.05, 3.63) is 0 Å². The summed E-state index contributed by atoms with van der Waals surface area (Å²) in [6.45, 7) is 2.48. The average Bonchev–Trinajstić information content (AvgIpc) is 2.58. The van der Waals surface area contributed by atoms with Gasteiger partial charge >= 0.3 is 0 Å². The quantitative estimate of drug-likeness (QED) is 0.667. The summed E-state index contributed by atoms with van der Waals surface area (Å²) in [5.74, 6) is 0.655. The number of likely N-dealkylation sites (tertiary alicyclic amines) is 1. The first-order chi connectivity index (χ1) is 7.90. The van der Waals surface area contributed by atoms with Gasteiger partial charge in [0.25, 0.3) is 0 Å². The molecule has 0 aromatic carbocycles. The van der Waals surface area contributed by atoms with Gasteiger partial charge in [-0.3, -0.25) is 0 Å². The van der Waals surface area contributed by atoms with Gasteiger partial charge in [0.1, 0.15) is 0 Å². The molecule has 0 bridgehead atoms. The highest BCUT2D eigenvalue weighted by molar-refractivity contribution is 4.85. The summed E-state index contributed by atoms with van der Waals surface area (Å²) >= 11 is 0. The zero-order valence-corrected chi connectivity index (χ0v) is 10.3. The van der Waals surface area contributed by atoms with E-state index in [9.17, 15) is 0 Å². The maximum atomic E-state index is 8.79. The van der Waals surface area contributed by atoms with Crippen molar-refractivity contribution in [2.75, 3.05) is 13.1 Å². The normalized spacial score (nSPS) is 29.6. The first-order valence-corrected chi connectivity index (χ1v) is 7.01. The van der Waals surface area contributed by atoms with E-state index in [1.807, 2.05) is 0 Å². The van der Waals surface area contributed by atoms with E-state index in [4.69, 9.17) is 5.26 Å². The predicted octanol–water partition coefficient (Wildman–Crippen LogP) is 3.33. The zero-order valence-electron chi connectivity index (χ0n) is 10.3. The maximum absolute atomic E-state index is 8.79. The molecule has 16 heavy (non-hydrogen) atoms. The van der Waals surface area contributed by atoms with Crippen molar-refractivity contribution in [1.29, 1.82) is 5.26 Å². The molecular weight excluding hydrogens is 196 g/mol. The molecule has 0 spiro atoms. The third-order valence-electron chi connectivity index (χ3n) is 4.27. The predicted molar refractivity (Wildman–Crippen MR) is 66.0 cm³/mol. The van der Waals surface area contributed by atoms with Crippen molar-refractivity contribution in [1.82, 2.24) is 4.90 Å². The third-order valence-corrected chi connectivity index (χ3v) is 4.27. The van der Waals surface area contributed by atoms with Crippen LogP contribution in [0, 0.1) is 17.2 Å². The SMILES string of the molecule is N#CCC1CCCN(C2CCCCCC2)C1. The van der Waals surface area contributed by atoms with Crippen molar-refractivity contribution >= 4 is 0 Å². The molecule has 1 aliphatic carbocycles. The molecule has 1 saturated heterocycles. The molecule has 90 valence electrons. The van der Waals surface area contributed by atoms with Crippen LogP contribution in [0.2, 0.25) is 0 Å². The summed E-state index contributed by atoms with van der Waals surface area (Å²) in [6, 6.07) is 3.18. The molecule has 1 atom stereocenters. The molecule has 1 unspecified atom stereocenters. The molecular formula is C14H24N2. The summed E-state index contributed by atoms with van der Waals surface area (Å²) in [4.78, 5) is 2.69. The standard InChI is InChI=1S/C14H24N2/c15-10-9-13-6-5-11-16(12-13)14-7-3-1-2-4-8-14/h13-14H,1-9,11-12H2. The fourth-order valence-electron chi connectivity index (χ4n) is 3.35. The molecule has 1 aliphatic heterocycles. The Balaban J connectivity index is 1.85. The molecule has 2 rings (SSSR count). The van der Waals surface area contributed by atoms with Crippen molar-refractivity contribution in [3.63, 3.8) is 0 Å². The van der Waals surface area contributed by atoms with Crippen LogP contribution >= 0.6 is 0 Å². The minimum Gasteiger partial charge on any atom is -0.300 e. The summed E-state index contributed by atoms with van der Waals surface area (Å²) < 4.78 is 0. The number of nitrogens with zero attached hydrogens (tertiary/aromatic N) is 2. The Labute approximate surface area is 99.6 Å². The Bertz CT molecular complexity index is 236. The zero-order chi connectivity index (χ0) is 11.2.